The number of anilines is 5. The van der Waals surface area contributed by atoms with Crippen LogP contribution in [-0.4, -0.2) is 47.7 Å². The fourth-order valence-corrected chi connectivity index (χ4v) is 3.80. The van der Waals surface area contributed by atoms with Crippen LogP contribution in [0, 0.1) is 0 Å². The average molecular weight is 449 g/mol. The number of hydrogen-bond donors (Lipinski definition) is 2. The van der Waals surface area contributed by atoms with E-state index in [4.69, 9.17) is 9.47 Å². The molecule has 0 aliphatic carbocycles. The number of para-hydroxylation sites is 1. The molecular weight excluding hydrogens is 420 g/mol. The number of nitrogens with one attached hydrogen (secondary N) is 2. The lowest BCUT2D eigenvalue weighted by molar-refractivity contribution is 0.0526. The average Bonchev–Trinajstić information content (AvgIpc) is 2.85. The fraction of sp³-hybridized carbons (Fsp3) is 0.333. The number of hydrogen-bond acceptors (Lipinski definition) is 9. The van der Waals surface area contributed by atoms with E-state index in [2.05, 4.69) is 36.6 Å². The summed E-state index contributed by atoms with van der Waals surface area (Å²) in [7, 11) is 1.65. The first kappa shape index (κ1) is 22.3. The van der Waals surface area contributed by atoms with Gasteiger partial charge in [0.25, 0.3) is 0 Å². The van der Waals surface area contributed by atoms with Crippen LogP contribution in [0.5, 0.6) is 5.75 Å². The summed E-state index contributed by atoms with van der Waals surface area (Å²) in [5.74, 6) is 1.41. The van der Waals surface area contributed by atoms with E-state index in [1.807, 2.05) is 24.3 Å². The smallest absolute Gasteiger partial charge is 0.343 e. The van der Waals surface area contributed by atoms with Crippen LogP contribution in [0.4, 0.5) is 29.0 Å². The summed E-state index contributed by atoms with van der Waals surface area (Å²) < 4.78 is 11.0. The number of nitrogens with zero attached hydrogens (tertiary/aromatic N) is 4. The molecule has 172 valence electrons. The van der Waals surface area contributed by atoms with Crippen LogP contribution < -0.4 is 20.3 Å². The van der Waals surface area contributed by atoms with Gasteiger partial charge in [-0.05, 0) is 50.5 Å². The Labute approximate surface area is 193 Å². The van der Waals surface area contributed by atoms with Gasteiger partial charge in [0.05, 0.1) is 25.1 Å². The molecular formula is C24H28N6O3. The molecule has 3 heterocycles. The number of ether oxygens (including phenoxy) is 2. The highest BCUT2D eigenvalue weighted by Crippen LogP contribution is 2.38. The van der Waals surface area contributed by atoms with Gasteiger partial charge in [-0.1, -0.05) is 12.1 Å². The lowest BCUT2D eigenvalue weighted by Crippen LogP contribution is -2.29. The van der Waals surface area contributed by atoms with Crippen LogP contribution in [0.3, 0.4) is 0 Å². The van der Waals surface area contributed by atoms with Crippen molar-refractivity contribution in [3.05, 3.63) is 54.4 Å². The van der Waals surface area contributed by atoms with Gasteiger partial charge in [0, 0.05) is 25.5 Å². The summed E-state index contributed by atoms with van der Waals surface area (Å²) in [6.07, 6.45) is 6.67. The molecule has 2 N–H and O–H groups in total. The summed E-state index contributed by atoms with van der Waals surface area (Å²) in [4.78, 5) is 28.0. The maximum Gasteiger partial charge on any atom is 0.343 e. The standard InChI is InChI=1S/C24H28N6O3/c1-3-33-23(31)17-16-26-24(28-20-12-5-6-13-25-20)29-22(17)27-18-10-9-11-19(21(18)32-2)30-14-7-4-8-15-30/h5-6,9-13,16H,3-4,7-8,14-15H2,1-2H3,(H2,25,26,27,28,29). The number of aromatic nitrogens is 3. The summed E-state index contributed by atoms with van der Waals surface area (Å²) in [6.45, 7) is 3.98. The minimum absolute atomic E-state index is 0.230. The third-order valence-corrected chi connectivity index (χ3v) is 5.34. The number of pyridine rings is 1. The van der Waals surface area contributed by atoms with E-state index in [1.54, 1.807) is 26.3 Å². The van der Waals surface area contributed by atoms with Gasteiger partial charge in [-0.2, -0.15) is 4.98 Å². The van der Waals surface area contributed by atoms with Gasteiger partial charge < -0.3 is 25.0 Å². The molecule has 0 unspecified atom stereocenters. The molecule has 1 aliphatic heterocycles. The highest BCUT2D eigenvalue weighted by Gasteiger charge is 2.21. The van der Waals surface area contributed by atoms with Crippen molar-refractivity contribution in [1.29, 1.82) is 0 Å². The zero-order valence-corrected chi connectivity index (χ0v) is 18.9. The highest BCUT2D eigenvalue weighted by atomic mass is 16.5. The number of carbonyl (C=O) groups excluding carboxylic acids is 1. The second kappa shape index (κ2) is 10.6. The Bertz CT molecular complexity index is 1090. The molecule has 33 heavy (non-hydrogen) atoms. The number of rotatable bonds is 8. The molecule has 3 aromatic rings. The molecule has 1 aliphatic rings. The molecule has 9 nitrogen and oxygen atoms in total. The molecule has 0 atom stereocenters. The van der Waals surface area contributed by atoms with Crippen molar-refractivity contribution >= 4 is 34.9 Å². The summed E-state index contributed by atoms with van der Waals surface area (Å²) in [6, 6.07) is 11.4. The van der Waals surface area contributed by atoms with Gasteiger partial charge >= 0.3 is 5.97 Å². The largest absolute Gasteiger partial charge is 0.492 e. The Morgan fingerprint density at radius 3 is 2.64 bits per heavy atom. The molecule has 1 fully saturated rings. The fourth-order valence-electron chi connectivity index (χ4n) is 3.80. The van der Waals surface area contributed by atoms with Crippen molar-refractivity contribution in [2.24, 2.45) is 0 Å². The third-order valence-electron chi connectivity index (χ3n) is 5.34. The zero-order valence-electron chi connectivity index (χ0n) is 18.9. The first-order chi connectivity index (χ1) is 16.2. The number of benzene rings is 1. The molecule has 2 aromatic heterocycles. The minimum atomic E-state index is -0.504. The molecule has 1 aromatic carbocycles. The van der Waals surface area contributed by atoms with Crippen LogP contribution in [0.1, 0.15) is 36.5 Å². The maximum atomic E-state index is 12.6. The third kappa shape index (κ3) is 5.31. The van der Waals surface area contributed by atoms with Crippen LogP contribution in [0.2, 0.25) is 0 Å². The lowest BCUT2D eigenvalue weighted by Gasteiger charge is -2.30. The number of esters is 1. The molecule has 0 radical (unpaired) electrons. The summed E-state index contributed by atoms with van der Waals surface area (Å²) >= 11 is 0. The molecule has 0 spiro atoms. The van der Waals surface area contributed by atoms with Gasteiger partial charge in [-0.15, -0.1) is 0 Å². The monoisotopic (exact) mass is 448 g/mol. The molecule has 9 heteroatoms. The Kier molecular flexibility index (Phi) is 7.19. The van der Waals surface area contributed by atoms with Gasteiger partial charge in [-0.3, -0.25) is 0 Å². The van der Waals surface area contributed by atoms with Crippen LogP contribution in [0.25, 0.3) is 0 Å². The quantitative estimate of drug-likeness (QED) is 0.481. The van der Waals surface area contributed by atoms with Crippen LogP contribution in [-0.2, 0) is 4.74 Å². The Morgan fingerprint density at radius 2 is 1.91 bits per heavy atom. The molecule has 0 bridgehead atoms. The summed E-state index contributed by atoms with van der Waals surface area (Å²) in [5, 5.41) is 6.33. The zero-order chi connectivity index (χ0) is 23.0. The highest BCUT2D eigenvalue weighted by molar-refractivity contribution is 5.96. The van der Waals surface area contributed by atoms with Crippen molar-refractivity contribution < 1.29 is 14.3 Å². The van der Waals surface area contributed by atoms with E-state index < -0.39 is 5.97 Å². The SMILES string of the molecule is CCOC(=O)c1cnc(Nc2ccccn2)nc1Nc1cccc(N2CCCCC2)c1OC. The first-order valence-corrected chi connectivity index (χ1v) is 11.1. The van der Waals surface area contributed by atoms with Crippen molar-refractivity contribution in [1.82, 2.24) is 15.0 Å². The van der Waals surface area contributed by atoms with E-state index in [0.29, 0.717) is 29.0 Å². The molecule has 0 amide bonds. The molecule has 0 saturated carbocycles. The van der Waals surface area contributed by atoms with E-state index in [-0.39, 0.29) is 12.2 Å². The van der Waals surface area contributed by atoms with E-state index >= 15 is 0 Å². The predicted molar refractivity (Wildman–Crippen MR) is 128 cm³/mol. The van der Waals surface area contributed by atoms with E-state index in [0.717, 1.165) is 31.6 Å². The predicted octanol–water partition coefficient (Wildman–Crippen LogP) is 4.53. The molecule has 4 rings (SSSR count). The van der Waals surface area contributed by atoms with Gasteiger partial charge in [0.15, 0.2) is 11.6 Å². The lowest BCUT2D eigenvalue weighted by atomic mass is 10.1. The van der Waals surface area contributed by atoms with E-state index in [1.165, 1.54) is 12.6 Å². The van der Waals surface area contributed by atoms with Crippen molar-refractivity contribution in [2.75, 3.05) is 42.3 Å². The normalized spacial score (nSPS) is 13.3. The van der Waals surface area contributed by atoms with Gasteiger partial charge in [0.1, 0.15) is 11.4 Å². The maximum absolute atomic E-state index is 12.6. The second-order valence-corrected chi connectivity index (χ2v) is 7.55. The van der Waals surface area contributed by atoms with Gasteiger partial charge in [-0.25, -0.2) is 14.8 Å². The van der Waals surface area contributed by atoms with Crippen molar-refractivity contribution in [3.8, 4) is 5.75 Å². The van der Waals surface area contributed by atoms with Crippen LogP contribution in [0.15, 0.2) is 48.8 Å². The second-order valence-electron chi connectivity index (χ2n) is 7.55. The van der Waals surface area contributed by atoms with Crippen molar-refractivity contribution in [3.63, 3.8) is 0 Å². The van der Waals surface area contributed by atoms with Crippen LogP contribution >= 0.6 is 0 Å². The number of carbonyl (C=O) groups is 1. The minimum Gasteiger partial charge on any atom is -0.492 e. The van der Waals surface area contributed by atoms with Gasteiger partial charge in [0.2, 0.25) is 5.95 Å². The van der Waals surface area contributed by atoms with E-state index in [9.17, 15) is 4.79 Å². The Morgan fingerprint density at radius 1 is 1.06 bits per heavy atom. The first-order valence-electron chi connectivity index (χ1n) is 11.1. The van der Waals surface area contributed by atoms with Crippen molar-refractivity contribution in [2.45, 2.75) is 26.2 Å². The number of methoxy groups -OCH3 is 1. The number of piperidine rings is 1. The Hall–Kier alpha value is -3.88. The Balaban J connectivity index is 1.69. The molecule has 1 saturated heterocycles. The summed E-state index contributed by atoms with van der Waals surface area (Å²) in [5.41, 5.74) is 1.95. The topological polar surface area (TPSA) is 102 Å².